The number of hydrogen-bond donors (Lipinski definition) is 2. The Bertz CT molecular complexity index is 1370. The number of nitrogens with two attached hydrogens (primary N) is 1. The smallest absolute Gasteiger partial charge is 0.351 e. The Labute approximate surface area is 211 Å². The lowest BCUT2D eigenvalue weighted by Crippen LogP contribution is -2.45. The third kappa shape index (κ3) is 5.13. The van der Waals surface area contributed by atoms with Crippen LogP contribution in [0.1, 0.15) is 43.6 Å². The quantitative estimate of drug-likeness (QED) is 0.486. The minimum Gasteiger partial charge on any atom is -0.449 e. The minimum atomic E-state index is -3.81. The number of hydrogen-bond acceptors (Lipinski definition) is 7. The highest BCUT2D eigenvalue weighted by Crippen LogP contribution is 2.44. The first kappa shape index (κ1) is 26.1. The lowest BCUT2D eigenvalue weighted by Gasteiger charge is -2.24. The molecule has 0 bridgehead atoms. The molecule has 0 saturated carbocycles. The molecule has 1 amide bonds. The van der Waals surface area contributed by atoms with Crippen LogP contribution in [-0.2, 0) is 9.47 Å². The summed E-state index contributed by atoms with van der Waals surface area (Å²) in [6.45, 7) is 4.84. The molecular formula is C26H26F2N4O5. The van der Waals surface area contributed by atoms with Crippen LogP contribution in [0.15, 0.2) is 59.5 Å². The highest BCUT2D eigenvalue weighted by molar-refractivity contribution is 6.03. The van der Waals surface area contributed by atoms with E-state index < -0.39 is 41.9 Å². The van der Waals surface area contributed by atoms with Crippen LogP contribution in [-0.4, -0.2) is 46.1 Å². The summed E-state index contributed by atoms with van der Waals surface area (Å²) in [5, 5.41) is 2.44. The van der Waals surface area contributed by atoms with E-state index in [2.05, 4.69) is 10.3 Å². The Kier molecular flexibility index (Phi) is 7.19. The van der Waals surface area contributed by atoms with E-state index in [1.807, 2.05) is 6.92 Å². The Morgan fingerprint density at radius 2 is 1.78 bits per heavy atom. The molecule has 194 valence electrons. The van der Waals surface area contributed by atoms with Gasteiger partial charge in [-0.15, -0.1) is 0 Å². The van der Waals surface area contributed by atoms with Crippen molar-refractivity contribution >= 4 is 17.7 Å². The standard InChI is InChI=1S/C26H26F2N4O5/c1-14-11-15(2)20(16(3)12-14)23(34)37-21-18(13-29)36-24(26(21,27)28)32-10-9-19(31-25(32)35)30-22(33)17-7-5-4-6-8-17/h4-12,18,21,24H,13,29H2,1-3H3,(H,30,31,33,35)/t18-,21-,24-/m1/s1. The number of carbonyl (C=O) groups excluding carboxylic acids is 2. The zero-order valence-corrected chi connectivity index (χ0v) is 20.4. The first-order valence-corrected chi connectivity index (χ1v) is 11.5. The minimum absolute atomic E-state index is 0.125. The molecule has 1 aromatic heterocycles. The Morgan fingerprint density at radius 1 is 1.14 bits per heavy atom. The molecular weight excluding hydrogens is 486 g/mol. The second-order valence-corrected chi connectivity index (χ2v) is 8.86. The molecule has 11 heteroatoms. The number of nitrogens with zero attached hydrogens (tertiary/aromatic N) is 2. The predicted molar refractivity (Wildman–Crippen MR) is 131 cm³/mol. The molecule has 0 radical (unpaired) electrons. The molecule has 3 N–H and O–H groups in total. The molecule has 2 aromatic carbocycles. The SMILES string of the molecule is Cc1cc(C)c(C(=O)O[C@@H]2[C@@H](CN)O[C@@H](n3ccc(NC(=O)c4ccccc4)nc3=O)C2(F)F)c(C)c1. The first-order chi connectivity index (χ1) is 17.5. The van der Waals surface area contributed by atoms with E-state index >= 15 is 8.78 Å². The lowest BCUT2D eigenvalue weighted by atomic mass is 10.00. The molecule has 0 unspecified atom stereocenters. The zero-order chi connectivity index (χ0) is 26.9. The summed E-state index contributed by atoms with van der Waals surface area (Å²) < 4.78 is 42.3. The molecule has 37 heavy (non-hydrogen) atoms. The zero-order valence-electron chi connectivity index (χ0n) is 20.4. The van der Waals surface area contributed by atoms with Crippen LogP contribution in [0.2, 0.25) is 0 Å². The highest BCUT2D eigenvalue weighted by Gasteiger charge is 2.62. The van der Waals surface area contributed by atoms with E-state index in [0.717, 1.165) is 11.8 Å². The topological polar surface area (TPSA) is 126 Å². The molecule has 0 spiro atoms. The van der Waals surface area contributed by atoms with Crippen LogP contribution in [0.4, 0.5) is 14.6 Å². The van der Waals surface area contributed by atoms with Crippen LogP contribution >= 0.6 is 0 Å². The van der Waals surface area contributed by atoms with Crippen LogP contribution in [0.5, 0.6) is 0 Å². The first-order valence-electron chi connectivity index (χ1n) is 11.5. The average Bonchev–Trinajstić information content (AvgIpc) is 3.08. The number of esters is 1. The number of anilines is 1. The summed E-state index contributed by atoms with van der Waals surface area (Å²) in [6.07, 6.45) is -4.52. The van der Waals surface area contributed by atoms with Gasteiger partial charge in [0, 0.05) is 18.3 Å². The van der Waals surface area contributed by atoms with Gasteiger partial charge in [0.05, 0.1) is 5.56 Å². The number of aryl methyl sites for hydroxylation is 3. The van der Waals surface area contributed by atoms with E-state index in [9.17, 15) is 14.4 Å². The number of rotatable bonds is 6. The molecule has 1 aliphatic rings. The van der Waals surface area contributed by atoms with Crippen molar-refractivity contribution in [1.82, 2.24) is 9.55 Å². The molecule has 3 aromatic rings. The molecule has 3 atom stereocenters. The number of alkyl halides is 2. The van der Waals surface area contributed by atoms with E-state index in [1.165, 1.54) is 6.07 Å². The molecule has 1 saturated heterocycles. The summed E-state index contributed by atoms with van der Waals surface area (Å²) in [7, 11) is 0. The number of carbonyl (C=O) groups is 2. The average molecular weight is 513 g/mol. The van der Waals surface area contributed by atoms with Gasteiger partial charge in [0.1, 0.15) is 11.9 Å². The maximum absolute atomic E-state index is 15.5. The van der Waals surface area contributed by atoms with Crippen molar-refractivity contribution in [3.8, 4) is 0 Å². The van der Waals surface area contributed by atoms with Crippen LogP contribution < -0.4 is 16.7 Å². The number of amides is 1. The molecule has 4 rings (SSSR count). The molecule has 2 heterocycles. The molecule has 1 aliphatic heterocycles. The summed E-state index contributed by atoms with van der Waals surface area (Å²) in [4.78, 5) is 41.6. The van der Waals surface area contributed by atoms with Crippen LogP contribution in [0.3, 0.4) is 0 Å². The third-order valence-electron chi connectivity index (χ3n) is 6.06. The van der Waals surface area contributed by atoms with Gasteiger partial charge in [0.2, 0.25) is 6.23 Å². The highest BCUT2D eigenvalue weighted by atomic mass is 19.3. The summed E-state index contributed by atoms with van der Waals surface area (Å²) in [6, 6.07) is 12.9. The Balaban J connectivity index is 1.57. The number of halogens is 2. The van der Waals surface area contributed by atoms with Crippen molar-refractivity contribution in [3.63, 3.8) is 0 Å². The van der Waals surface area contributed by atoms with Crippen molar-refractivity contribution in [1.29, 1.82) is 0 Å². The van der Waals surface area contributed by atoms with Crippen molar-refractivity contribution in [2.75, 3.05) is 11.9 Å². The van der Waals surface area contributed by atoms with Gasteiger partial charge in [-0.3, -0.25) is 9.36 Å². The maximum atomic E-state index is 15.5. The van der Waals surface area contributed by atoms with Crippen LogP contribution in [0, 0.1) is 20.8 Å². The maximum Gasteiger partial charge on any atom is 0.351 e. The van der Waals surface area contributed by atoms with Gasteiger partial charge in [-0.1, -0.05) is 35.9 Å². The lowest BCUT2D eigenvalue weighted by molar-refractivity contribution is -0.142. The van der Waals surface area contributed by atoms with Crippen LogP contribution in [0.25, 0.3) is 0 Å². The Hall–Kier alpha value is -3.96. The molecule has 0 aliphatic carbocycles. The normalized spacial score (nSPS) is 20.4. The number of ether oxygens (including phenoxy) is 2. The van der Waals surface area contributed by atoms with Gasteiger partial charge in [0.15, 0.2) is 6.10 Å². The summed E-state index contributed by atoms with van der Waals surface area (Å²) in [5.74, 6) is -5.40. The van der Waals surface area contributed by atoms with Crippen molar-refractivity contribution in [2.45, 2.75) is 45.1 Å². The number of benzene rings is 2. The third-order valence-corrected chi connectivity index (χ3v) is 6.06. The second kappa shape index (κ2) is 10.2. The summed E-state index contributed by atoms with van der Waals surface area (Å²) >= 11 is 0. The Morgan fingerprint density at radius 3 is 2.38 bits per heavy atom. The fourth-order valence-corrected chi connectivity index (χ4v) is 4.42. The number of nitrogens with one attached hydrogen (secondary N) is 1. The van der Waals surface area contributed by atoms with E-state index in [1.54, 1.807) is 56.3 Å². The summed E-state index contributed by atoms with van der Waals surface area (Å²) in [5.41, 5.74) is 7.14. The van der Waals surface area contributed by atoms with Gasteiger partial charge in [-0.05, 0) is 50.1 Å². The van der Waals surface area contributed by atoms with E-state index in [-0.39, 0.29) is 17.9 Å². The largest absolute Gasteiger partial charge is 0.449 e. The van der Waals surface area contributed by atoms with Gasteiger partial charge >= 0.3 is 17.6 Å². The fraction of sp³-hybridized carbons (Fsp3) is 0.308. The molecule has 9 nitrogen and oxygen atoms in total. The van der Waals surface area contributed by atoms with E-state index in [0.29, 0.717) is 21.3 Å². The fourth-order valence-electron chi connectivity index (χ4n) is 4.42. The van der Waals surface area contributed by atoms with Crippen molar-refractivity contribution < 1.29 is 27.8 Å². The van der Waals surface area contributed by atoms with Gasteiger partial charge < -0.3 is 20.5 Å². The van der Waals surface area contributed by atoms with Gasteiger partial charge in [-0.25, -0.2) is 9.59 Å². The van der Waals surface area contributed by atoms with Crippen molar-refractivity contribution in [2.24, 2.45) is 5.73 Å². The number of aromatic nitrogens is 2. The monoisotopic (exact) mass is 512 g/mol. The van der Waals surface area contributed by atoms with Gasteiger partial charge in [-0.2, -0.15) is 13.8 Å². The molecule has 1 fully saturated rings. The van der Waals surface area contributed by atoms with Gasteiger partial charge in [0.25, 0.3) is 5.91 Å². The second-order valence-electron chi connectivity index (χ2n) is 8.86. The predicted octanol–water partition coefficient (Wildman–Crippen LogP) is 3.14. The van der Waals surface area contributed by atoms with E-state index in [4.69, 9.17) is 15.2 Å². The van der Waals surface area contributed by atoms with Crippen molar-refractivity contribution in [3.05, 3.63) is 93.0 Å².